The molecule has 0 atom stereocenters. The average Bonchev–Trinajstić information content (AvgIpc) is 2.63. The topological polar surface area (TPSA) is 50.8 Å². The lowest BCUT2D eigenvalue weighted by molar-refractivity contribution is -0.122. The normalized spacial score (nSPS) is 10.7. The van der Waals surface area contributed by atoms with Crippen molar-refractivity contribution in [2.45, 2.75) is 13.0 Å². The monoisotopic (exact) mass is 376 g/mol. The molecule has 0 saturated carbocycles. The molecule has 0 radical (unpaired) electrons. The van der Waals surface area contributed by atoms with E-state index in [0.717, 1.165) is 17.5 Å². The first-order chi connectivity index (χ1) is 12.5. The van der Waals surface area contributed by atoms with Crippen LogP contribution >= 0.6 is 11.6 Å². The summed E-state index contributed by atoms with van der Waals surface area (Å²) in [5.74, 6) is 1.37. The van der Waals surface area contributed by atoms with Crippen LogP contribution in [0.25, 0.3) is 0 Å². The molecule has 5 nitrogen and oxygen atoms in total. The predicted octanol–water partition coefficient (Wildman–Crippen LogP) is 3.15. The maximum Gasteiger partial charge on any atom is 0.234 e. The number of rotatable bonds is 9. The van der Waals surface area contributed by atoms with Crippen LogP contribution < -0.4 is 14.8 Å². The van der Waals surface area contributed by atoms with Crippen LogP contribution in [0.2, 0.25) is 5.02 Å². The maximum absolute atomic E-state index is 12.1. The highest BCUT2D eigenvalue weighted by Gasteiger charge is 2.09. The van der Waals surface area contributed by atoms with Crippen LogP contribution in [0.5, 0.6) is 11.5 Å². The zero-order valence-electron chi connectivity index (χ0n) is 15.4. The van der Waals surface area contributed by atoms with Gasteiger partial charge in [-0.1, -0.05) is 35.9 Å². The van der Waals surface area contributed by atoms with Crippen molar-refractivity contribution in [2.24, 2.45) is 0 Å². The van der Waals surface area contributed by atoms with Crippen LogP contribution in [-0.4, -0.2) is 45.2 Å². The second-order valence-electron chi connectivity index (χ2n) is 6.05. The molecule has 140 valence electrons. The molecule has 0 aromatic heterocycles. The number of likely N-dealkylation sites (N-methyl/N-ethyl adjacent to an activating group) is 1. The number of hydrogen-bond acceptors (Lipinski definition) is 4. The van der Waals surface area contributed by atoms with Gasteiger partial charge in [-0.05, 0) is 42.8 Å². The molecule has 2 aromatic carbocycles. The standard InChI is InChI=1S/C20H25ClN2O3/c1-23(13-16-6-4-5-7-17(16)21)14-20(24)22-11-10-15-8-9-18(25-2)19(12-15)26-3/h4-9,12H,10-11,13-14H2,1-3H3,(H,22,24). The first-order valence-electron chi connectivity index (χ1n) is 8.43. The van der Waals surface area contributed by atoms with E-state index in [0.29, 0.717) is 36.2 Å². The van der Waals surface area contributed by atoms with Gasteiger partial charge in [0.1, 0.15) is 0 Å². The van der Waals surface area contributed by atoms with E-state index < -0.39 is 0 Å². The number of nitrogens with one attached hydrogen (secondary N) is 1. The van der Waals surface area contributed by atoms with Crippen molar-refractivity contribution in [3.63, 3.8) is 0 Å². The quantitative estimate of drug-likeness (QED) is 0.730. The number of ether oxygens (including phenoxy) is 2. The molecule has 0 spiro atoms. The van der Waals surface area contributed by atoms with Crippen molar-refractivity contribution in [3.8, 4) is 11.5 Å². The Morgan fingerprint density at radius 2 is 1.85 bits per heavy atom. The van der Waals surface area contributed by atoms with Crippen molar-refractivity contribution in [2.75, 3.05) is 34.4 Å². The van der Waals surface area contributed by atoms with Crippen molar-refractivity contribution in [3.05, 3.63) is 58.6 Å². The predicted molar refractivity (Wildman–Crippen MR) is 104 cm³/mol. The van der Waals surface area contributed by atoms with Crippen LogP contribution in [0.1, 0.15) is 11.1 Å². The van der Waals surface area contributed by atoms with Gasteiger partial charge < -0.3 is 14.8 Å². The number of hydrogen-bond donors (Lipinski definition) is 1. The summed E-state index contributed by atoms with van der Waals surface area (Å²) in [4.78, 5) is 14.0. The number of amides is 1. The summed E-state index contributed by atoms with van der Waals surface area (Å²) < 4.78 is 10.5. The minimum Gasteiger partial charge on any atom is -0.493 e. The Morgan fingerprint density at radius 1 is 1.12 bits per heavy atom. The summed E-state index contributed by atoms with van der Waals surface area (Å²) in [6.45, 7) is 1.51. The fraction of sp³-hybridized carbons (Fsp3) is 0.350. The SMILES string of the molecule is COc1ccc(CCNC(=O)CN(C)Cc2ccccc2Cl)cc1OC. The lowest BCUT2D eigenvalue weighted by Gasteiger charge is -2.17. The molecule has 0 bridgehead atoms. The Labute approximate surface area is 159 Å². The van der Waals surface area contributed by atoms with E-state index in [1.54, 1.807) is 14.2 Å². The van der Waals surface area contributed by atoms with Gasteiger partial charge in [0.25, 0.3) is 0 Å². The molecular weight excluding hydrogens is 352 g/mol. The Hall–Kier alpha value is -2.24. The Morgan fingerprint density at radius 3 is 2.54 bits per heavy atom. The van der Waals surface area contributed by atoms with Crippen molar-refractivity contribution >= 4 is 17.5 Å². The third kappa shape index (κ3) is 5.93. The zero-order chi connectivity index (χ0) is 18.9. The molecule has 0 aliphatic heterocycles. The second-order valence-corrected chi connectivity index (χ2v) is 6.46. The molecule has 2 aromatic rings. The van der Waals surface area contributed by atoms with Gasteiger partial charge in [-0.2, -0.15) is 0 Å². The summed E-state index contributed by atoms with van der Waals surface area (Å²) in [6.07, 6.45) is 0.723. The van der Waals surface area contributed by atoms with Crippen LogP contribution in [0.3, 0.4) is 0 Å². The summed E-state index contributed by atoms with van der Waals surface area (Å²) >= 11 is 6.16. The third-order valence-electron chi connectivity index (χ3n) is 4.00. The van der Waals surface area contributed by atoms with Gasteiger partial charge in [-0.25, -0.2) is 0 Å². The lowest BCUT2D eigenvalue weighted by atomic mass is 10.1. The summed E-state index contributed by atoms with van der Waals surface area (Å²) in [7, 11) is 5.12. The minimum atomic E-state index is -0.0139. The highest BCUT2D eigenvalue weighted by Crippen LogP contribution is 2.27. The zero-order valence-corrected chi connectivity index (χ0v) is 16.2. The van der Waals surface area contributed by atoms with Gasteiger partial charge in [-0.3, -0.25) is 9.69 Å². The van der Waals surface area contributed by atoms with Gasteiger partial charge in [0, 0.05) is 18.1 Å². The minimum absolute atomic E-state index is 0.0139. The Bertz CT molecular complexity index is 737. The second kappa shape index (κ2) is 10.0. The molecule has 1 N–H and O–H groups in total. The first kappa shape index (κ1) is 20.1. The van der Waals surface area contributed by atoms with Crippen LogP contribution in [0, 0.1) is 0 Å². The number of methoxy groups -OCH3 is 2. The summed E-state index contributed by atoms with van der Waals surface area (Å²) in [5, 5.41) is 3.66. The molecule has 0 aliphatic rings. The van der Waals surface area contributed by atoms with Gasteiger partial charge in [-0.15, -0.1) is 0 Å². The average molecular weight is 377 g/mol. The fourth-order valence-electron chi connectivity index (χ4n) is 2.66. The van der Waals surface area contributed by atoms with Gasteiger partial charge in [0.15, 0.2) is 11.5 Å². The van der Waals surface area contributed by atoms with E-state index in [-0.39, 0.29) is 5.91 Å². The number of halogens is 1. The van der Waals surface area contributed by atoms with Crippen molar-refractivity contribution in [1.82, 2.24) is 10.2 Å². The highest BCUT2D eigenvalue weighted by molar-refractivity contribution is 6.31. The Kier molecular flexibility index (Phi) is 7.75. The van der Waals surface area contributed by atoms with E-state index >= 15 is 0 Å². The molecule has 0 fully saturated rings. The smallest absolute Gasteiger partial charge is 0.234 e. The molecule has 2 rings (SSSR count). The number of carbonyl (C=O) groups excluding carboxylic acids is 1. The van der Waals surface area contributed by atoms with Gasteiger partial charge in [0.2, 0.25) is 5.91 Å². The summed E-state index contributed by atoms with van der Waals surface area (Å²) in [5.41, 5.74) is 2.09. The highest BCUT2D eigenvalue weighted by atomic mass is 35.5. The van der Waals surface area contributed by atoms with Gasteiger partial charge >= 0.3 is 0 Å². The van der Waals surface area contributed by atoms with Crippen molar-refractivity contribution < 1.29 is 14.3 Å². The van der Waals surface area contributed by atoms with E-state index in [2.05, 4.69) is 5.32 Å². The molecule has 6 heteroatoms. The molecule has 0 unspecified atom stereocenters. The van der Waals surface area contributed by atoms with Gasteiger partial charge in [0.05, 0.1) is 20.8 Å². The van der Waals surface area contributed by atoms with E-state index in [1.165, 1.54) is 0 Å². The largest absolute Gasteiger partial charge is 0.493 e. The molecule has 0 aliphatic carbocycles. The molecule has 0 heterocycles. The molecule has 1 amide bonds. The fourth-order valence-corrected chi connectivity index (χ4v) is 2.85. The number of carbonyl (C=O) groups is 1. The number of benzene rings is 2. The van der Waals surface area contributed by atoms with E-state index in [4.69, 9.17) is 21.1 Å². The van der Waals surface area contributed by atoms with Crippen molar-refractivity contribution in [1.29, 1.82) is 0 Å². The molecular formula is C20H25ClN2O3. The molecule has 26 heavy (non-hydrogen) atoms. The maximum atomic E-state index is 12.1. The number of nitrogens with zero attached hydrogens (tertiary/aromatic N) is 1. The van der Waals surface area contributed by atoms with E-state index in [9.17, 15) is 4.79 Å². The van der Waals surface area contributed by atoms with Crippen LogP contribution in [-0.2, 0) is 17.8 Å². The lowest BCUT2D eigenvalue weighted by Crippen LogP contribution is -2.35. The van der Waals surface area contributed by atoms with Crippen LogP contribution in [0.15, 0.2) is 42.5 Å². The summed E-state index contributed by atoms with van der Waals surface area (Å²) in [6, 6.07) is 13.4. The Balaban J connectivity index is 1.77. The first-order valence-corrected chi connectivity index (χ1v) is 8.81. The molecule has 0 saturated heterocycles. The third-order valence-corrected chi connectivity index (χ3v) is 4.36. The van der Waals surface area contributed by atoms with Crippen LogP contribution in [0.4, 0.5) is 0 Å². The van der Waals surface area contributed by atoms with E-state index in [1.807, 2.05) is 54.4 Å².